The van der Waals surface area contributed by atoms with Gasteiger partial charge in [0.25, 0.3) is 0 Å². The largest absolute Gasteiger partial charge is 0.507 e. The summed E-state index contributed by atoms with van der Waals surface area (Å²) < 4.78 is 0. The zero-order valence-electron chi connectivity index (χ0n) is 17.7. The molecule has 0 fully saturated rings. The molecule has 1 aromatic carbocycles. The van der Waals surface area contributed by atoms with Crippen molar-refractivity contribution in [3.05, 3.63) is 28.8 Å². The van der Waals surface area contributed by atoms with E-state index >= 15 is 0 Å². The van der Waals surface area contributed by atoms with Crippen molar-refractivity contribution >= 4 is 5.97 Å². The number of benzene rings is 1. The zero-order chi connectivity index (χ0) is 20.1. The van der Waals surface area contributed by atoms with E-state index in [1.54, 1.807) is 0 Å². The number of hydrogen-bond donors (Lipinski definition) is 2. The highest BCUT2D eigenvalue weighted by molar-refractivity contribution is 5.68. The first kappa shape index (κ1) is 23.5. The Bertz CT molecular complexity index is 551. The summed E-state index contributed by atoms with van der Waals surface area (Å²) in [6.45, 7) is 6.17. The second kappa shape index (κ2) is 13.6. The number of aryl methyl sites for hydroxylation is 2. The highest BCUT2D eigenvalue weighted by Gasteiger charge is 2.18. The van der Waals surface area contributed by atoms with Crippen molar-refractivity contribution in [3.63, 3.8) is 0 Å². The molecule has 3 heteroatoms. The van der Waals surface area contributed by atoms with Gasteiger partial charge in [-0.1, -0.05) is 90.2 Å². The fourth-order valence-corrected chi connectivity index (χ4v) is 3.86. The molecule has 0 amide bonds. The van der Waals surface area contributed by atoms with Crippen LogP contribution in [0.5, 0.6) is 5.75 Å². The van der Waals surface area contributed by atoms with Crippen molar-refractivity contribution < 1.29 is 15.0 Å². The van der Waals surface area contributed by atoms with E-state index < -0.39 is 5.97 Å². The second-order valence-electron chi connectivity index (χ2n) is 7.96. The number of aliphatic carboxylic acids is 1. The topological polar surface area (TPSA) is 57.5 Å². The monoisotopic (exact) mass is 376 g/mol. The summed E-state index contributed by atoms with van der Waals surface area (Å²) in [5, 5.41) is 19.4. The normalized spacial score (nSPS) is 12.3. The number of carboxylic acids is 1. The molecule has 0 aliphatic rings. The molecule has 0 bridgehead atoms. The number of rotatable bonds is 15. The van der Waals surface area contributed by atoms with Gasteiger partial charge in [0.15, 0.2) is 0 Å². The zero-order valence-corrected chi connectivity index (χ0v) is 17.7. The molecule has 1 atom stereocenters. The fraction of sp³-hybridized carbons (Fsp3) is 0.708. The summed E-state index contributed by atoms with van der Waals surface area (Å²) in [4.78, 5) is 11.3. The fourth-order valence-electron chi connectivity index (χ4n) is 3.86. The molecule has 2 N–H and O–H groups in total. The maximum absolute atomic E-state index is 11.3. The average molecular weight is 377 g/mol. The number of unbranched alkanes of at least 4 members (excludes halogenated alkanes) is 9. The van der Waals surface area contributed by atoms with Gasteiger partial charge in [-0.2, -0.15) is 0 Å². The van der Waals surface area contributed by atoms with Crippen LogP contribution in [0.25, 0.3) is 0 Å². The van der Waals surface area contributed by atoms with Crippen molar-refractivity contribution in [2.45, 2.75) is 110 Å². The van der Waals surface area contributed by atoms with Gasteiger partial charge in [-0.15, -0.1) is 0 Å². The first-order valence-electron chi connectivity index (χ1n) is 11.0. The van der Waals surface area contributed by atoms with E-state index in [1.165, 1.54) is 57.8 Å². The Kier molecular flexibility index (Phi) is 11.9. The number of carbonyl (C=O) groups is 1. The van der Waals surface area contributed by atoms with Gasteiger partial charge >= 0.3 is 5.97 Å². The Morgan fingerprint density at radius 2 is 1.48 bits per heavy atom. The van der Waals surface area contributed by atoms with Crippen LogP contribution in [0.3, 0.4) is 0 Å². The van der Waals surface area contributed by atoms with E-state index in [1.807, 2.05) is 26.0 Å². The first-order valence-corrected chi connectivity index (χ1v) is 11.0. The van der Waals surface area contributed by atoms with Crippen LogP contribution in [0.4, 0.5) is 0 Å². The molecular weight excluding hydrogens is 336 g/mol. The Morgan fingerprint density at radius 3 is 2.00 bits per heavy atom. The molecule has 27 heavy (non-hydrogen) atoms. The van der Waals surface area contributed by atoms with Crippen LogP contribution < -0.4 is 0 Å². The Balaban J connectivity index is 2.43. The van der Waals surface area contributed by atoms with Gasteiger partial charge in [0.1, 0.15) is 5.75 Å². The maximum Gasteiger partial charge on any atom is 0.303 e. The molecule has 0 aromatic heterocycles. The molecule has 3 nitrogen and oxygen atoms in total. The molecule has 154 valence electrons. The predicted molar refractivity (Wildman–Crippen MR) is 114 cm³/mol. The van der Waals surface area contributed by atoms with Gasteiger partial charge in [0.05, 0.1) is 6.42 Å². The lowest BCUT2D eigenvalue weighted by Gasteiger charge is -2.18. The second-order valence-corrected chi connectivity index (χ2v) is 7.96. The summed E-state index contributed by atoms with van der Waals surface area (Å²) >= 11 is 0. The number of hydrogen-bond acceptors (Lipinski definition) is 2. The van der Waals surface area contributed by atoms with Gasteiger partial charge in [0.2, 0.25) is 0 Å². The predicted octanol–water partition coefficient (Wildman–Crippen LogP) is 7.13. The van der Waals surface area contributed by atoms with Gasteiger partial charge < -0.3 is 10.2 Å². The molecule has 0 heterocycles. The molecular formula is C24H40O3. The summed E-state index contributed by atoms with van der Waals surface area (Å²) in [5.74, 6) is -0.341. The lowest BCUT2D eigenvalue weighted by atomic mass is 9.87. The van der Waals surface area contributed by atoms with Crippen LogP contribution in [0, 0.1) is 6.92 Å². The Morgan fingerprint density at radius 1 is 0.926 bits per heavy atom. The van der Waals surface area contributed by atoms with E-state index in [4.69, 9.17) is 0 Å². The smallest absolute Gasteiger partial charge is 0.303 e. The lowest BCUT2D eigenvalue weighted by molar-refractivity contribution is -0.137. The minimum atomic E-state index is -0.740. The van der Waals surface area contributed by atoms with Gasteiger partial charge in [-0.3, -0.25) is 4.79 Å². The molecule has 0 aliphatic carbocycles. The summed E-state index contributed by atoms with van der Waals surface area (Å²) in [6, 6.07) is 3.98. The van der Waals surface area contributed by atoms with Crippen LogP contribution in [-0.4, -0.2) is 16.2 Å². The molecule has 0 spiro atoms. The first-order chi connectivity index (χ1) is 13.0. The number of phenols is 1. The van der Waals surface area contributed by atoms with Crippen molar-refractivity contribution in [2.24, 2.45) is 0 Å². The van der Waals surface area contributed by atoms with Crippen molar-refractivity contribution in [3.8, 4) is 5.75 Å². The Labute approximate surface area is 166 Å². The number of carboxylic acid groups (broad SMARTS) is 1. The van der Waals surface area contributed by atoms with Gasteiger partial charge in [-0.25, -0.2) is 0 Å². The quantitative estimate of drug-likeness (QED) is 0.320. The van der Waals surface area contributed by atoms with Crippen LogP contribution in [0.1, 0.15) is 114 Å². The molecule has 0 radical (unpaired) electrons. The SMILES string of the molecule is CCCCCCCCCCCCC(CC(=O)O)c1cc(C)c(O)c(CC)c1. The maximum atomic E-state index is 11.3. The van der Waals surface area contributed by atoms with Gasteiger partial charge in [-0.05, 0) is 42.4 Å². The molecule has 0 saturated heterocycles. The highest BCUT2D eigenvalue weighted by atomic mass is 16.4. The third-order valence-electron chi connectivity index (χ3n) is 5.58. The molecule has 0 aliphatic heterocycles. The highest BCUT2D eigenvalue weighted by Crippen LogP contribution is 2.32. The van der Waals surface area contributed by atoms with E-state index in [-0.39, 0.29) is 12.3 Å². The molecule has 0 saturated carbocycles. The average Bonchev–Trinajstić information content (AvgIpc) is 2.64. The van der Waals surface area contributed by atoms with Crippen LogP contribution >= 0.6 is 0 Å². The molecule has 1 aromatic rings. The van der Waals surface area contributed by atoms with Gasteiger partial charge in [0, 0.05) is 0 Å². The number of aromatic hydroxyl groups is 1. The van der Waals surface area contributed by atoms with Crippen LogP contribution in [0.15, 0.2) is 12.1 Å². The van der Waals surface area contributed by atoms with E-state index in [0.29, 0.717) is 5.75 Å². The summed E-state index contributed by atoms with van der Waals surface area (Å²) in [7, 11) is 0. The summed E-state index contributed by atoms with van der Waals surface area (Å²) in [5.41, 5.74) is 2.84. The van der Waals surface area contributed by atoms with Crippen LogP contribution in [-0.2, 0) is 11.2 Å². The minimum absolute atomic E-state index is 0.0427. The van der Waals surface area contributed by atoms with Crippen molar-refractivity contribution in [1.29, 1.82) is 0 Å². The minimum Gasteiger partial charge on any atom is -0.507 e. The molecule has 1 rings (SSSR count). The molecule has 1 unspecified atom stereocenters. The van der Waals surface area contributed by atoms with E-state index in [0.717, 1.165) is 36.0 Å². The van der Waals surface area contributed by atoms with E-state index in [9.17, 15) is 15.0 Å². The Hall–Kier alpha value is -1.51. The van der Waals surface area contributed by atoms with Crippen LogP contribution in [0.2, 0.25) is 0 Å². The lowest BCUT2D eigenvalue weighted by Crippen LogP contribution is -2.07. The standard InChI is InChI=1S/C24H40O3/c1-4-6-7-8-9-10-11-12-13-14-15-21(18-23(25)26)22-16-19(3)24(27)20(5-2)17-22/h16-17,21,27H,4-15,18H2,1-3H3,(H,25,26). The summed E-state index contributed by atoms with van der Waals surface area (Å²) in [6.07, 6.45) is 14.8. The van der Waals surface area contributed by atoms with Crippen molar-refractivity contribution in [1.82, 2.24) is 0 Å². The van der Waals surface area contributed by atoms with E-state index in [2.05, 4.69) is 6.92 Å². The number of phenolic OH excluding ortho intramolecular Hbond substituents is 1. The third-order valence-corrected chi connectivity index (χ3v) is 5.58. The third kappa shape index (κ3) is 9.30. The van der Waals surface area contributed by atoms with Crippen molar-refractivity contribution in [2.75, 3.05) is 0 Å².